The summed E-state index contributed by atoms with van der Waals surface area (Å²) in [5.41, 5.74) is 2.84. The van der Waals surface area contributed by atoms with Crippen LogP contribution >= 0.6 is 0 Å². The van der Waals surface area contributed by atoms with Gasteiger partial charge in [0, 0.05) is 37.0 Å². The molecule has 2 aromatic carbocycles. The van der Waals surface area contributed by atoms with Crippen molar-refractivity contribution in [2.45, 2.75) is 33.2 Å². The van der Waals surface area contributed by atoms with E-state index in [1.54, 1.807) is 37.4 Å². The molecular weight excluding hydrogens is 366 g/mol. The minimum atomic E-state index is -0.277. The molecule has 29 heavy (non-hydrogen) atoms. The third-order valence-corrected chi connectivity index (χ3v) is 5.53. The van der Waals surface area contributed by atoms with E-state index < -0.39 is 0 Å². The molecule has 0 bridgehead atoms. The number of para-hydroxylation sites is 1. The van der Waals surface area contributed by atoms with Crippen LogP contribution in [0.25, 0.3) is 0 Å². The van der Waals surface area contributed by atoms with Gasteiger partial charge in [0.2, 0.25) is 0 Å². The lowest BCUT2D eigenvalue weighted by Gasteiger charge is -2.30. The van der Waals surface area contributed by atoms with Crippen molar-refractivity contribution >= 4 is 17.6 Å². The Morgan fingerprint density at radius 3 is 2.52 bits per heavy atom. The number of carbonyl (C=O) groups excluding carboxylic acids is 2. The fourth-order valence-corrected chi connectivity index (χ4v) is 3.51. The van der Waals surface area contributed by atoms with Crippen molar-refractivity contribution in [3.05, 3.63) is 59.2 Å². The smallest absolute Gasteiger partial charge is 0.321 e. The molecule has 2 N–H and O–H groups in total. The lowest BCUT2D eigenvalue weighted by Crippen LogP contribution is -2.38. The van der Waals surface area contributed by atoms with E-state index in [9.17, 15) is 14.7 Å². The molecule has 1 aliphatic rings. The van der Waals surface area contributed by atoms with Gasteiger partial charge >= 0.3 is 6.03 Å². The number of nitrogens with one attached hydrogen (secondary N) is 1. The predicted molar refractivity (Wildman–Crippen MR) is 114 cm³/mol. The van der Waals surface area contributed by atoms with Gasteiger partial charge in [-0.2, -0.15) is 0 Å². The number of anilines is 1. The average Bonchev–Trinajstić information content (AvgIpc) is 2.71. The first kappa shape index (κ1) is 20.7. The van der Waals surface area contributed by atoms with Gasteiger partial charge in [-0.15, -0.1) is 0 Å². The highest BCUT2D eigenvalue weighted by atomic mass is 16.3. The van der Waals surface area contributed by atoms with Crippen LogP contribution in [-0.4, -0.2) is 47.0 Å². The second-order valence-electron chi connectivity index (χ2n) is 7.92. The lowest BCUT2D eigenvalue weighted by molar-refractivity contribution is 0.0697. The third kappa shape index (κ3) is 5.08. The predicted octanol–water partition coefficient (Wildman–Crippen LogP) is 4.24. The monoisotopic (exact) mass is 395 g/mol. The number of carbonyl (C=O) groups is 2. The first-order valence-electron chi connectivity index (χ1n) is 10.0. The fraction of sp³-hybridized carbons (Fsp3) is 0.391. The van der Waals surface area contributed by atoms with E-state index in [-0.39, 0.29) is 17.7 Å². The van der Waals surface area contributed by atoms with Crippen LogP contribution in [-0.2, 0) is 6.54 Å². The Kier molecular flexibility index (Phi) is 6.42. The number of phenols is 1. The molecule has 6 heteroatoms. The van der Waals surface area contributed by atoms with Crippen molar-refractivity contribution < 1.29 is 14.7 Å². The highest BCUT2D eigenvalue weighted by Gasteiger charge is 2.22. The Hall–Kier alpha value is -3.02. The number of urea groups is 1. The summed E-state index contributed by atoms with van der Waals surface area (Å²) in [4.78, 5) is 28.7. The summed E-state index contributed by atoms with van der Waals surface area (Å²) in [6.45, 7) is 6.00. The number of piperidine rings is 1. The molecule has 1 fully saturated rings. The number of benzene rings is 2. The van der Waals surface area contributed by atoms with Gasteiger partial charge in [0.15, 0.2) is 0 Å². The number of likely N-dealkylation sites (tertiary alicyclic amines) is 1. The maximum absolute atomic E-state index is 12.7. The van der Waals surface area contributed by atoms with Crippen LogP contribution in [0.4, 0.5) is 10.5 Å². The molecule has 0 aromatic heterocycles. The summed E-state index contributed by atoms with van der Waals surface area (Å²) in [5.74, 6) is 0.890. The molecule has 0 radical (unpaired) electrons. The van der Waals surface area contributed by atoms with Crippen LogP contribution in [0.1, 0.15) is 41.3 Å². The van der Waals surface area contributed by atoms with Crippen molar-refractivity contribution in [3.8, 4) is 5.75 Å². The van der Waals surface area contributed by atoms with Crippen molar-refractivity contribution in [1.82, 2.24) is 9.80 Å². The Morgan fingerprint density at radius 1 is 1.17 bits per heavy atom. The molecule has 0 saturated carbocycles. The quantitative estimate of drug-likeness (QED) is 0.813. The van der Waals surface area contributed by atoms with Crippen LogP contribution in [0.15, 0.2) is 42.5 Å². The van der Waals surface area contributed by atoms with E-state index in [1.807, 2.05) is 24.0 Å². The molecular formula is C23H29N3O3. The second-order valence-corrected chi connectivity index (χ2v) is 7.92. The molecule has 1 aliphatic heterocycles. The molecule has 2 aromatic rings. The maximum Gasteiger partial charge on any atom is 0.321 e. The summed E-state index contributed by atoms with van der Waals surface area (Å²) in [6, 6.07) is 12.1. The SMILES string of the molecule is Cc1cc(C(=O)N2CCC(C)CC2)ccc1NC(=O)N(C)Cc1ccccc1O. The fourth-order valence-electron chi connectivity index (χ4n) is 3.51. The van der Waals surface area contributed by atoms with E-state index in [1.165, 1.54) is 4.90 Å². The van der Waals surface area contributed by atoms with Crippen LogP contribution in [0, 0.1) is 12.8 Å². The van der Waals surface area contributed by atoms with E-state index in [0.717, 1.165) is 31.5 Å². The molecule has 1 saturated heterocycles. The molecule has 1 heterocycles. The molecule has 0 spiro atoms. The summed E-state index contributed by atoms with van der Waals surface area (Å²) < 4.78 is 0. The summed E-state index contributed by atoms with van der Waals surface area (Å²) >= 11 is 0. The van der Waals surface area contributed by atoms with E-state index in [4.69, 9.17) is 0 Å². The van der Waals surface area contributed by atoms with E-state index in [2.05, 4.69) is 12.2 Å². The van der Waals surface area contributed by atoms with Crippen molar-refractivity contribution in [2.75, 3.05) is 25.5 Å². The van der Waals surface area contributed by atoms with Gasteiger partial charge in [-0.1, -0.05) is 25.1 Å². The molecule has 154 valence electrons. The van der Waals surface area contributed by atoms with Gasteiger partial charge in [-0.25, -0.2) is 4.79 Å². The van der Waals surface area contributed by atoms with Crippen LogP contribution < -0.4 is 5.32 Å². The van der Waals surface area contributed by atoms with Crippen molar-refractivity contribution in [1.29, 1.82) is 0 Å². The Morgan fingerprint density at radius 2 is 1.86 bits per heavy atom. The largest absolute Gasteiger partial charge is 0.508 e. The van der Waals surface area contributed by atoms with Gasteiger partial charge < -0.3 is 20.2 Å². The number of amides is 3. The number of nitrogens with zero attached hydrogens (tertiary/aromatic N) is 2. The summed E-state index contributed by atoms with van der Waals surface area (Å²) in [6.07, 6.45) is 2.09. The number of aromatic hydroxyl groups is 1. The number of hydrogen-bond acceptors (Lipinski definition) is 3. The second kappa shape index (κ2) is 8.99. The molecule has 3 rings (SSSR count). The zero-order valence-corrected chi connectivity index (χ0v) is 17.3. The van der Waals surface area contributed by atoms with Gasteiger partial charge in [-0.05, 0) is 55.5 Å². The average molecular weight is 396 g/mol. The first-order chi connectivity index (χ1) is 13.8. The molecule has 0 unspecified atom stereocenters. The van der Waals surface area contributed by atoms with Gasteiger partial charge in [0.05, 0.1) is 6.54 Å². The standard InChI is InChI=1S/C23H29N3O3/c1-16-10-12-26(13-11-16)22(28)18-8-9-20(17(2)14-18)24-23(29)25(3)15-19-6-4-5-7-21(19)27/h4-9,14,16,27H,10-13,15H2,1-3H3,(H,24,29). The molecule has 3 amide bonds. The van der Waals surface area contributed by atoms with Crippen molar-refractivity contribution in [2.24, 2.45) is 5.92 Å². The minimum Gasteiger partial charge on any atom is -0.508 e. The van der Waals surface area contributed by atoms with Gasteiger partial charge in [-0.3, -0.25) is 4.79 Å². The van der Waals surface area contributed by atoms with Gasteiger partial charge in [0.1, 0.15) is 5.75 Å². The molecule has 0 atom stereocenters. The third-order valence-electron chi connectivity index (χ3n) is 5.53. The number of phenolic OH excluding ortho intramolecular Hbond substituents is 1. The summed E-state index contributed by atoms with van der Waals surface area (Å²) in [7, 11) is 1.67. The van der Waals surface area contributed by atoms with Crippen molar-refractivity contribution in [3.63, 3.8) is 0 Å². The Balaban J connectivity index is 1.63. The zero-order chi connectivity index (χ0) is 21.0. The molecule has 6 nitrogen and oxygen atoms in total. The van der Waals surface area contributed by atoms with Crippen LogP contribution in [0.5, 0.6) is 5.75 Å². The maximum atomic E-state index is 12.7. The minimum absolute atomic E-state index is 0.0505. The Bertz CT molecular complexity index is 889. The number of aryl methyl sites for hydroxylation is 1. The van der Waals surface area contributed by atoms with Gasteiger partial charge in [0.25, 0.3) is 5.91 Å². The lowest BCUT2D eigenvalue weighted by atomic mass is 9.98. The zero-order valence-electron chi connectivity index (χ0n) is 17.3. The normalized spacial score (nSPS) is 14.5. The highest BCUT2D eigenvalue weighted by Crippen LogP contribution is 2.22. The highest BCUT2D eigenvalue weighted by molar-refractivity contribution is 5.96. The summed E-state index contributed by atoms with van der Waals surface area (Å²) in [5, 5.41) is 12.8. The molecule has 0 aliphatic carbocycles. The van der Waals surface area contributed by atoms with E-state index in [0.29, 0.717) is 29.3 Å². The van der Waals surface area contributed by atoms with Crippen LogP contribution in [0.3, 0.4) is 0 Å². The topological polar surface area (TPSA) is 72.9 Å². The van der Waals surface area contributed by atoms with E-state index >= 15 is 0 Å². The number of rotatable bonds is 4. The number of hydrogen-bond donors (Lipinski definition) is 2. The Labute approximate surface area is 172 Å². The van der Waals surface area contributed by atoms with Crippen LogP contribution in [0.2, 0.25) is 0 Å². The first-order valence-corrected chi connectivity index (χ1v) is 10.0.